The molecule has 0 saturated heterocycles. The molecule has 0 spiro atoms. The number of carbonyl (C=O) groups excluding carboxylic acids is 1. The highest BCUT2D eigenvalue weighted by Gasteiger charge is 2.23. The van der Waals surface area contributed by atoms with E-state index in [1.54, 1.807) is 24.4 Å². The molecule has 0 fully saturated rings. The average Bonchev–Trinajstić information content (AvgIpc) is 2.72. The number of amides is 1. The molecule has 144 valence electrons. The van der Waals surface area contributed by atoms with Crippen molar-refractivity contribution in [3.63, 3.8) is 0 Å². The summed E-state index contributed by atoms with van der Waals surface area (Å²) >= 11 is 0. The third-order valence-electron chi connectivity index (χ3n) is 4.74. The van der Waals surface area contributed by atoms with Gasteiger partial charge < -0.3 is 4.42 Å². The van der Waals surface area contributed by atoms with Crippen molar-refractivity contribution in [1.29, 1.82) is 0 Å². The first kappa shape index (κ1) is 18.6. The number of anilines is 1. The van der Waals surface area contributed by atoms with Crippen LogP contribution in [-0.2, 0) is 6.54 Å². The fourth-order valence-electron chi connectivity index (χ4n) is 3.44. The number of benzene rings is 2. The molecule has 2 aromatic carbocycles. The summed E-state index contributed by atoms with van der Waals surface area (Å²) in [4.78, 5) is 31.9. The molecule has 29 heavy (non-hydrogen) atoms. The van der Waals surface area contributed by atoms with Crippen molar-refractivity contribution in [1.82, 2.24) is 4.98 Å². The molecule has 2 heterocycles. The number of hydrogen-bond acceptors (Lipinski definition) is 4. The van der Waals surface area contributed by atoms with Crippen LogP contribution in [0.25, 0.3) is 11.0 Å². The standard InChI is InChI=1S/C24H20N2O3/c1-16-12-17(2)23-19(27)14-21(29-20(23)13-16)24(28)26(22-10-6-7-11-25-22)15-18-8-4-3-5-9-18/h3-14H,15H2,1-2H3. The molecule has 1 amide bonds. The smallest absolute Gasteiger partial charge is 0.295 e. The van der Waals surface area contributed by atoms with Crippen LogP contribution in [0.3, 0.4) is 0 Å². The number of carbonyl (C=O) groups is 1. The average molecular weight is 384 g/mol. The van der Waals surface area contributed by atoms with E-state index in [0.29, 0.717) is 23.3 Å². The maximum atomic E-state index is 13.4. The van der Waals surface area contributed by atoms with Gasteiger partial charge in [-0.25, -0.2) is 4.98 Å². The normalized spacial score (nSPS) is 10.8. The zero-order chi connectivity index (χ0) is 20.4. The number of hydrogen-bond donors (Lipinski definition) is 0. The van der Waals surface area contributed by atoms with Gasteiger partial charge in [0.15, 0.2) is 11.2 Å². The molecule has 5 heteroatoms. The molecule has 0 aliphatic carbocycles. The van der Waals surface area contributed by atoms with Crippen molar-refractivity contribution in [2.75, 3.05) is 4.90 Å². The minimum atomic E-state index is -0.411. The number of nitrogens with zero attached hydrogens (tertiary/aromatic N) is 2. The largest absolute Gasteiger partial charge is 0.451 e. The van der Waals surface area contributed by atoms with Crippen LogP contribution in [0.2, 0.25) is 0 Å². The molecular formula is C24H20N2O3. The van der Waals surface area contributed by atoms with Crippen LogP contribution in [0.4, 0.5) is 5.82 Å². The number of aryl methyl sites for hydroxylation is 2. The number of pyridine rings is 1. The molecule has 0 bridgehead atoms. The first-order chi connectivity index (χ1) is 14.0. The lowest BCUT2D eigenvalue weighted by Gasteiger charge is -2.21. The molecule has 0 unspecified atom stereocenters. The first-order valence-electron chi connectivity index (χ1n) is 9.35. The molecule has 4 aromatic rings. The van der Waals surface area contributed by atoms with Crippen LogP contribution in [-0.4, -0.2) is 10.9 Å². The van der Waals surface area contributed by atoms with Crippen molar-refractivity contribution >= 4 is 22.7 Å². The lowest BCUT2D eigenvalue weighted by Crippen LogP contribution is -2.31. The maximum absolute atomic E-state index is 13.4. The molecule has 0 atom stereocenters. The number of aromatic nitrogens is 1. The second-order valence-corrected chi connectivity index (χ2v) is 6.99. The Morgan fingerprint density at radius 1 is 1.00 bits per heavy atom. The van der Waals surface area contributed by atoms with Gasteiger partial charge in [0.2, 0.25) is 0 Å². The van der Waals surface area contributed by atoms with Crippen LogP contribution in [0.1, 0.15) is 27.2 Å². The summed E-state index contributed by atoms with van der Waals surface area (Å²) in [6.45, 7) is 4.10. The minimum Gasteiger partial charge on any atom is -0.451 e. The minimum absolute atomic E-state index is 0.00548. The van der Waals surface area contributed by atoms with Crippen molar-refractivity contribution in [2.24, 2.45) is 0 Å². The third kappa shape index (κ3) is 3.80. The lowest BCUT2D eigenvalue weighted by atomic mass is 10.1. The molecule has 0 N–H and O–H groups in total. The highest BCUT2D eigenvalue weighted by Crippen LogP contribution is 2.22. The Hall–Kier alpha value is -3.73. The van der Waals surface area contributed by atoms with E-state index in [0.717, 1.165) is 16.7 Å². The Bertz CT molecular complexity index is 1230. The Morgan fingerprint density at radius 3 is 2.48 bits per heavy atom. The molecule has 0 radical (unpaired) electrons. The molecule has 2 aromatic heterocycles. The van der Waals surface area contributed by atoms with Crippen molar-refractivity contribution in [3.05, 3.63) is 106 Å². The van der Waals surface area contributed by atoms with Gasteiger partial charge in [0.25, 0.3) is 5.91 Å². The summed E-state index contributed by atoms with van der Waals surface area (Å²) in [5.74, 6) is 0.0734. The Kier molecular flexibility index (Phi) is 4.96. The van der Waals surface area contributed by atoms with E-state index >= 15 is 0 Å². The Morgan fingerprint density at radius 2 is 1.76 bits per heavy atom. The molecular weight excluding hydrogens is 364 g/mol. The van der Waals surface area contributed by atoms with E-state index in [-0.39, 0.29) is 11.2 Å². The zero-order valence-electron chi connectivity index (χ0n) is 16.3. The highest BCUT2D eigenvalue weighted by atomic mass is 16.3. The van der Waals surface area contributed by atoms with Gasteiger partial charge >= 0.3 is 0 Å². The summed E-state index contributed by atoms with van der Waals surface area (Å²) < 4.78 is 5.89. The Labute approximate surface area is 168 Å². The SMILES string of the molecule is Cc1cc(C)c2c(=O)cc(C(=O)N(Cc3ccccc3)c3ccccn3)oc2c1. The van der Waals surface area contributed by atoms with Gasteiger partial charge in [-0.3, -0.25) is 14.5 Å². The van der Waals surface area contributed by atoms with Crippen LogP contribution in [0, 0.1) is 13.8 Å². The number of rotatable bonds is 4. The van der Waals surface area contributed by atoms with Gasteiger partial charge in [-0.15, -0.1) is 0 Å². The highest BCUT2D eigenvalue weighted by molar-refractivity contribution is 6.04. The predicted molar refractivity (Wildman–Crippen MR) is 113 cm³/mol. The topological polar surface area (TPSA) is 63.4 Å². The van der Waals surface area contributed by atoms with Crippen molar-refractivity contribution in [3.8, 4) is 0 Å². The fraction of sp³-hybridized carbons (Fsp3) is 0.125. The van der Waals surface area contributed by atoms with Gasteiger partial charge in [-0.05, 0) is 48.7 Å². The van der Waals surface area contributed by atoms with Crippen molar-refractivity contribution in [2.45, 2.75) is 20.4 Å². The van der Waals surface area contributed by atoms with Crippen LogP contribution in [0.5, 0.6) is 0 Å². The summed E-state index contributed by atoms with van der Waals surface area (Å²) in [6, 6.07) is 20.0. The molecule has 0 saturated carbocycles. The zero-order valence-corrected chi connectivity index (χ0v) is 16.3. The first-order valence-corrected chi connectivity index (χ1v) is 9.35. The maximum Gasteiger partial charge on any atom is 0.295 e. The summed E-state index contributed by atoms with van der Waals surface area (Å²) in [5, 5.41) is 0.500. The van der Waals surface area contributed by atoms with Gasteiger partial charge in [-0.2, -0.15) is 0 Å². The number of fused-ring (bicyclic) bond motifs is 1. The summed E-state index contributed by atoms with van der Waals surface area (Å²) in [5.41, 5.74) is 2.93. The van der Waals surface area contributed by atoms with Gasteiger partial charge in [0.05, 0.1) is 11.9 Å². The summed E-state index contributed by atoms with van der Waals surface area (Å²) in [7, 11) is 0. The fourth-order valence-corrected chi connectivity index (χ4v) is 3.44. The molecule has 0 aliphatic heterocycles. The Balaban J connectivity index is 1.81. The molecule has 4 rings (SSSR count). The lowest BCUT2D eigenvalue weighted by molar-refractivity contribution is 0.0958. The van der Waals surface area contributed by atoms with E-state index in [1.807, 2.05) is 56.3 Å². The van der Waals surface area contributed by atoms with Gasteiger partial charge in [-0.1, -0.05) is 42.5 Å². The van der Waals surface area contributed by atoms with E-state index in [9.17, 15) is 9.59 Å². The van der Waals surface area contributed by atoms with Gasteiger partial charge in [0.1, 0.15) is 11.4 Å². The monoisotopic (exact) mass is 384 g/mol. The quantitative estimate of drug-likeness (QED) is 0.514. The van der Waals surface area contributed by atoms with Crippen molar-refractivity contribution < 1.29 is 9.21 Å². The second kappa shape index (κ2) is 7.72. The third-order valence-corrected chi connectivity index (χ3v) is 4.74. The van der Waals surface area contributed by atoms with E-state index in [2.05, 4.69) is 4.98 Å². The van der Waals surface area contributed by atoms with E-state index in [4.69, 9.17) is 4.42 Å². The van der Waals surface area contributed by atoms with Crippen LogP contribution in [0.15, 0.2) is 82.1 Å². The van der Waals surface area contributed by atoms with Crippen LogP contribution < -0.4 is 10.3 Å². The molecule has 5 nitrogen and oxygen atoms in total. The van der Waals surface area contributed by atoms with Crippen LogP contribution >= 0.6 is 0 Å². The summed E-state index contributed by atoms with van der Waals surface area (Å²) in [6.07, 6.45) is 1.63. The van der Waals surface area contributed by atoms with E-state index in [1.165, 1.54) is 11.0 Å². The second-order valence-electron chi connectivity index (χ2n) is 6.99. The predicted octanol–water partition coefficient (Wildman–Crippen LogP) is 4.65. The molecule has 0 aliphatic rings. The van der Waals surface area contributed by atoms with Gasteiger partial charge in [0, 0.05) is 12.3 Å². The van der Waals surface area contributed by atoms with E-state index < -0.39 is 5.91 Å².